The van der Waals surface area contributed by atoms with Gasteiger partial charge in [-0.3, -0.25) is 14.5 Å². The van der Waals surface area contributed by atoms with Gasteiger partial charge in [-0.15, -0.1) is 11.3 Å². The Balaban J connectivity index is 1.87. The van der Waals surface area contributed by atoms with Crippen molar-refractivity contribution >= 4 is 23.3 Å². The number of ether oxygens (including phenoxy) is 1. The largest absolute Gasteiger partial charge is 0.480 e. The molecule has 0 saturated heterocycles. The van der Waals surface area contributed by atoms with Crippen molar-refractivity contribution in [1.29, 1.82) is 0 Å². The normalized spacial score (nSPS) is 15.6. The molecule has 1 N–H and O–H groups in total. The van der Waals surface area contributed by atoms with Crippen LogP contribution in [-0.2, 0) is 22.6 Å². The fourth-order valence-electron chi connectivity index (χ4n) is 2.92. The van der Waals surface area contributed by atoms with Gasteiger partial charge in [-0.2, -0.15) is 0 Å². The molecule has 0 fully saturated rings. The van der Waals surface area contributed by atoms with Crippen molar-refractivity contribution in [2.45, 2.75) is 25.9 Å². The lowest BCUT2D eigenvalue weighted by atomic mass is 10.0. The van der Waals surface area contributed by atoms with E-state index >= 15 is 0 Å². The highest BCUT2D eigenvalue weighted by Crippen LogP contribution is 2.36. The zero-order valence-corrected chi connectivity index (χ0v) is 13.8. The smallest absolute Gasteiger partial charge is 0.325 e. The van der Waals surface area contributed by atoms with Crippen LogP contribution >= 0.6 is 11.3 Å². The molecular weight excluding hydrogens is 333 g/mol. The molecule has 2 aromatic rings. The highest BCUT2D eigenvalue weighted by molar-refractivity contribution is 7.14. The Bertz CT molecular complexity index is 789. The van der Waals surface area contributed by atoms with Gasteiger partial charge < -0.3 is 9.84 Å². The molecule has 0 radical (unpaired) electrons. The van der Waals surface area contributed by atoms with E-state index in [1.165, 1.54) is 36.5 Å². The van der Waals surface area contributed by atoms with E-state index in [9.17, 15) is 19.1 Å². The van der Waals surface area contributed by atoms with E-state index in [1.807, 2.05) is 0 Å². The third-order valence-corrected chi connectivity index (χ3v) is 5.03. The van der Waals surface area contributed by atoms with Crippen LogP contribution in [0.25, 0.3) is 0 Å². The van der Waals surface area contributed by atoms with Gasteiger partial charge in [-0.05, 0) is 24.1 Å². The molecule has 3 rings (SSSR count). The summed E-state index contributed by atoms with van der Waals surface area (Å²) in [5.41, 5.74) is 1.08. The van der Waals surface area contributed by atoms with Crippen LogP contribution in [0.15, 0.2) is 30.3 Å². The van der Waals surface area contributed by atoms with Crippen LogP contribution < -0.4 is 4.74 Å². The Labute approximate surface area is 142 Å². The third kappa shape index (κ3) is 3.32. The number of rotatable bonds is 4. The van der Waals surface area contributed by atoms with Gasteiger partial charge in [-0.25, -0.2) is 4.39 Å². The van der Waals surface area contributed by atoms with E-state index < -0.39 is 17.8 Å². The predicted molar refractivity (Wildman–Crippen MR) is 86.5 cm³/mol. The summed E-state index contributed by atoms with van der Waals surface area (Å²) in [6.07, 6.45) is 0.638. The lowest BCUT2D eigenvalue weighted by Gasteiger charge is -2.32. The van der Waals surface area contributed by atoms with Gasteiger partial charge in [0.1, 0.15) is 11.9 Å². The number of benzene rings is 1. The number of carboxylic acid groups (broad SMARTS) is 1. The number of halogens is 1. The molecule has 0 saturated carbocycles. The number of thiophene rings is 1. The summed E-state index contributed by atoms with van der Waals surface area (Å²) in [5, 5.41) is 10.1. The fraction of sp³-hybridized carbons (Fsp3) is 0.294. The molecule has 1 aromatic carbocycles. The van der Waals surface area contributed by atoms with E-state index in [0.717, 1.165) is 10.4 Å². The van der Waals surface area contributed by atoms with Crippen molar-refractivity contribution in [3.63, 3.8) is 0 Å². The minimum absolute atomic E-state index is 0.156. The molecule has 5 nitrogen and oxygen atoms in total. The first-order chi connectivity index (χ1) is 11.5. The Hall–Kier alpha value is -2.25. The van der Waals surface area contributed by atoms with E-state index in [-0.39, 0.29) is 11.5 Å². The summed E-state index contributed by atoms with van der Waals surface area (Å²) >= 11 is 1.39. The standard InChI is InChI=1S/C17H16FNO4S/c1-10(20)23-15-8-11-9-19(7-6-14(11)24-15)16(17(21)22)12-4-2-3-5-13(12)18/h2-5,8,16H,6-7,9H2,1H3,(H,21,22). The molecule has 1 unspecified atom stereocenters. The average Bonchev–Trinajstić information content (AvgIpc) is 2.89. The van der Waals surface area contributed by atoms with Gasteiger partial charge in [0.2, 0.25) is 0 Å². The van der Waals surface area contributed by atoms with Crippen molar-refractivity contribution in [2.24, 2.45) is 0 Å². The number of nitrogens with zero attached hydrogens (tertiary/aromatic N) is 1. The summed E-state index contributed by atoms with van der Waals surface area (Å²) in [7, 11) is 0. The summed E-state index contributed by atoms with van der Waals surface area (Å²) < 4.78 is 19.2. The molecule has 7 heteroatoms. The molecule has 126 valence electrons. The molecule has 0 spiro atoms. The molecule has 24 heavy (non-hydrogen) atoms. The van der Waals surface area contributed by atoms with E-state index in [1.54, 1.807) is 17.0 Å². The van der Waals surface area contributed by atoms with Crippen LogP contribution in [0, 0.1) is 5.82 Å². The number of esters is 1. The molecule has 1 aliphatic heterocycles. The third-order valence-electron chi connectivity index (χ3n) is 3.92. The van der Waals surface area contributed by atoms with Crippen LogP contribution in [0.1, 0.15) is 29.0 Å². The second kappa shape index (κ2) is 6.70. The highest BCUT2D eigenvalue weighted by atomic mass is 32.1. The first-order valence-electron chi connectivity index (χ1n) is 7.47. The summed E-state index contributed by atoms with van der Waals surface area (Å²) in [6.45, 7) is 2.21. The number of hydrogen-bond acceptors (Lipinski definition) is 5. The van der Waals surface area contributed by atoms with Crippen LogP contribution in [0.4, 0.5) is 4.39 Å². The number of carbonyl (C=O) groups excluding carboxylic acids is 1. The maximum Gasteiger partial charge on any atom is 0.325 e. The number of carbonyl (C=O) groups is 2. The van der Waals surface area contributed by atoms with Crippen LogP contribution in [0.5, 0.6) is 5.06 Å². The van der Waals surface area contributed by atoms with Crippen molar-refractivity contribution in [2.75, 3.05) is 6.54 Å². The minimum Gasteiger partial charge on any atom is -0.480 e. The van der Waals surface area contributed by atoms with Crippen molar-refractivity contribution in [1.82, 2.24) is 4.90 Å². The average molecular weight is 349 g/mol. The second-order valence-corrected chi connectivity index (χ2v) is 6.69. The molecule has 0 bridgehead atoms. The Morgan fingerprint density at radius 1 is 1.38 bits per heavy atom. The first kappa shape index (κ1) is 16.6. The second-order valence-electron chi connectivity index (χ2n) is 5.59. The van der Waals surface area contributed by atoms with E-state index in [2.05, 4.69) is 0 Å². The number of hydrogen-bond donors (Lipinski definition) is 1. The molecule has 0 amide bonds. The number of aliphatic carboxylic acids is 1. The molecule has 2 heterocycles. The lowest BCUT2D eigenvalue weighted by Crippen LogP contribution is -2.38. The molecule has 0 aliphatic carbocycles. The Kier molecular flexibility index (Phi) is 4.64. The Morgan fingerprint density at radius 3 is 2.79 bits per heavy atom. The summed E-state index contributed by atoms with van der Waals surface area (Å²) in [5.74, 6) is -2.00. The van der Waals surface area contributed by atoms with Crippen LogP contribution in [0.3, 0.4) is 0 Å². The van der Waals surface area contributed by atoms with Gasteiger partial charge in [0.05, 0.1) is 0 Å². The van der Waals surface area contributed by atoms with Crippen LogP contribution in [-0.4, -0.2) is 28.5 Å². The zero-order chi connectivity index (χ0) is 17.3. The van der Waals surface area contributed by atoms with Gasteiger partial charge >= 0.3 is 11.9 Å². The summed E-state index contributed by atoms with van der Waals surface area (Å²) in [6, 6.07) is 6.65. The van der Waals surface area contributed by atoms with Crippen molar-refractivity contribution < 1.29 is 23.8 Å². The highest BCUT2D eigenvalue weighted by Gasteiger charge is 2.32. The maximum atomic E-state index is 14.1. The number of carboxylic acids is 1. The number of fused-ring (bicyclic) bond motifs is 1. The van der Waals surface area contributed by atoms with Gasteiger partial charge in [0.15, 0.2) is 5.06 Å². The predicted octanol–water partition coefficient (Wildman–Crippen LogP) is 3.00. The van der Waals surface area contributed by atoms with Crippen LogP contribution in [0.2, 0.25) is 0 Å². The van der Waals surface area contributed by atoms with Gasteiger partial charge in [-0.1, -0.05) is 18.2 Å². The molecule has 1 aromatic heterocycles. The van der Waals surface area contributed by atoms with E-state index in [0.29, 0.717) is 24.6 Å². The SMILES string of the molecule is CC(=O)Oc1cc2c(s1)CCN(C(C(=O)O)c1ccccc1F)C2. The minimum atomic E-state index is -1.08. The topological polar surface area (TPSA) is 66.8 Å². The maximum absolute atomic E-state index is 14.1. The van der Waals surface area contributed by atoms with Crippen molar-refractivity contribution in [3.8, 4) is 5.06 Å². The monoisotopic (exact) mass is 349 g/mol. The first-order valence-corrected chi connectivity index (χ1v) is 8.28. The van der Waals surface area contributed by atoms with Gasteiger partial charge in [0, 0.05) is 30.5 Å². The lowest BCUT2D eigenvalue weighted by molar-refractivity contribution is -0.144. The zero-order valence-electron chi connectivity index (χ0n) is 13.0. The fourth-order valence-corrected chi connectivity index (χ4v) is 3.97. The Morgan fingerprint density at radius 2 is 2.12 bits per heavy atom. The summed E-state index contributed by atoms with van der Waals surface area (Å²) in [4.78, 5) is 25.6. The van der Waals surface area contributed by atoms with E-state index in [4.69, 9.17) is 4.74 Å². The van der Waals surface area contributed by atoms with Crippen molar-refractivity contribution in [3.05, 3.63) is 52.2 Å². The van der Waals surface area contributed by atoms with Gasteiger partial charge in [0.25, 0.3) is 0 Å². The molecular formula is C17H16FNO4S. The quantitative estimate of drug-likeness (QED) is 0.860. The molecule has 1 aliphatic rings. The molecule has 1 atom stereocenters.